The molecule has 6 heteroatoms. The summed E-state index contributed by atoms with van der Waals surface area (Å²) in [5.74, 6) is -0.107. The minimum Gasteiger partial charge on any atom is -0.444 e. The summed E-state index contributed by atoms with van der Waals surface area (Å²) in [6.45, 7) is 8.90. The van der Waals surface area contributed by atoms with Crippen molar-refractivity contribution in [2.45, 2.75) is 51.9 Å². The molecule has 2 amide bonds. The number of nitrogens with zero attached hydrogens (tertiary/aromatic N) is 1. The third kappa shape index (κ3) is 6.38. The summed E-state index contributed by atoms with van der Waals surface area (Å²) < 4.78 is 10.8. The van der Waals surface area contributed by atoms with Crippen molar-refractivity contribution in [3.63, 3.8) is 0 Å². The van der Waals surface area contributed by atoms with Crippen LogP contribution in [0.15, 0.2) is 30.3 Å². The molecule has 2 unspecified atom stereocenters. The number of hydrogen-bond donors (Lipinski definition) is 1. The fourth-order valence-electron chi connectivity index (χ4n) is 2.74. The van der Waals surface area contributed by atoms with Crippen molar-refractivity contribution in [2.24, 2.45) is 0 Å². The fraction of sp³-hybridized carbons (Fsp3) is 0.579. The lowest BCUT2D eigenvalue weighted by Crippen LogP contribution is -2.54. The van der Waals surface area contributed by atoms with Crippen molar-refractivity contribution in [3.8, 4) is 0 Å². The Morgan fingerprint density at radius 3 is 2.60 bits per heavy atom. The van der Waals surface area contributed by atoms with E-state index in [4.69, 9.17) is 9.47 Å². The summed E-state index contributed by atoms with van der Waals surface area (Å²) in [7, 11) is 0. The van der Waals surface area contributed by atoms with Crippen molar-refractivity contribution >= 4 is 12.0 Å². The number of carbonyl (C=O) groups excluding carboxylic acids is 2. The van der Waals surface area contributed by atoms with Gasteiger partial charge in [-0.1, -0.05) is 30.3 Å². The number of nitrogens with one attached hydrogen (secondary N) is 1. The summed E-state index contributed by atoms with van der Waals surface area (Å²) >= 11 is 0. The molecule has 1 N–H and O–H groups in total. The van der Waals surface area contributed by atoms with Gasteiger partial charge in [0.25, 0.3) is 0 Å². The van der Waals surface area contributed by atoms with E-state index in [2.05, 4.69) is 5.32 Å². The SMILES string of the molecule is CC1CN(C(=O)C(Cc2ccccc2)NC(=O)OC(C)(C)C)CCO1. The Morgan fingerprint density at radius 1 is 1.32 bits per heavy atom. The van der Waals surface area contributed by atoms with E-state index < -0.39 is 17.7 Å². The van der Waals surface area contributed by atoms with Crippen molar-refractivity contribution in [1.29, 1.82) is 0 Å². The van der Waals surface area contributed by atoms with E-state index in [1.807, 2.05) is 37.3 Å². The molecule has 0 aromatic heterocycles. The van der Waals surface area contributed by atoms with Gasteiger partial charge in [0, 0.05) is 19.5 Å². The number of ether oxygens (including phenoxy) is 2. The Kier molecular flexibility index (Phi) is 6.42. The average molecular weight is 348 g/mol. The highest BCUT2D eigenvalue weighted by Crippen LogP contribution is 2.12. The zero-order chi connectivity index (χ0) is 18.4. The van der Waals surface area contributed by atoms with Crippen molar-refractivity contribution < 1.29 is 19.1 Å². The van der Waals surface area contributed by atoms with E-state index in [0.29, 0.717) is 26.1 Å². The Morgan fingerprint density at radius 2 is 2.00 bits per heavy atom. The molecule has 0 bridgehead atoms. The number of morpholine rings is 1. The maximum Gasteiger partial charge on any atom is 0.408 e. The van der Waals surface area contributed by atoms with Gasteiger partial charge < -0.3 is 19.7 Å². The number of alkyl carbamates (subject to hydrolysis) is 1. The average Bonchev–Trinajstić information content (AvgIpc) is 2.53. The minimum absolute atomic E-state index is 0.00315. The summed E-state index contributed by atoms with van der Waals surface area (Å²) in [4.78, 5) is 26.9. The van der Waals surface area contributed by atoms with Crippen molar-refractivity contribution in [2.75, 3.05) is 19.7 Å². The second-order valence-electron chi connectivity index (χ2n) is 7.35. The van der Waals surface area contributed by atoms with E-state index in [-0.39, 0.29) is 12.0 Å². The van der Waals surface area contributed by atoms with E-state index in [9.17, 15) is 9.59 Å². The van der Waals surface area contributed by atoms with Crippen LogP contribution in [0.3, 0.4) is 0 Å². The second-order valence-corrected chi connectivity index (χ2v) is 7.35. The Hall–Kier alpha value is -2.08. The molecule has 0 aliphatic carbocycles. The van der Waals surface area contributed by atoms with Gasteiger partial charge in [-0.2, -0.15) is 0 Å². The molecule has 1 saturated heterocycles. The third-order valence-electron chi connectivity index (χ3n) is 3.82. The van der Waals surface area contributed by atoms with Crippen LogP contribution < -0.4 is 5.32 Å². The topological polar surface area (TPSA) is 67.9 Å². The predicted octanol–water partition coefficient (Wildman–Crippen LogP) is 2.37. The van der Waals surface area contributed by atoms with Crippen molar-refractivity contribution in [3.05, 3.63) is 35.9 Å². The van der Waals surface area contributed by atoms with Crippen molar-refractivity contribution in [1.82, 2.24) is 10.2 Å². The van der Waals surface area contributed by atoms with Gasteiger partial charge in [-0.15, -0.1) is 0 Å². The molecule has 0 saturated carbocycles. The van der Waals surface area contributed by atoms with Gasteiger partial charge in [0.1, 0.15) is 11.6 Å². The first-order valence-corrected chi connectivity index (χ1v) is 8.68. The molecular formula is C19H28N2O4. The predicted molar refractivity (Wildman–Crippen MR) is 95.3 cm³/mol. The van der Waals surface area contributed by atoms with Crippen LogP contribution in [-0.4, -0.2) is 54.3 Å². The molecule has 1 aliphatic heterocycles. The molecule has 1 fully saturated rings. The summed E-state index contributed by atoms with van der Waals surface area (Å²) in [5, 5.41) is 2.74. The molecule has 1 heterocycles. The van der Waals surface area contributed by atoms with Crippen LogP contribution in [0.1, 0.15) is 33.3 Å². The lowest BCUT2D eigenvalue weighted by atomic mass is 10.0. The summed E-state index contributed by atoms with van der Waals surface area (Å²) in [5.41, 5.74) is 0.371. The van der Waals surface area contributed by atoms with Gasteiger partial charge >= 0.3 is 6.09 Å². The number of benzene rings is 1. The highest BCUT2D eigenvalue weighted by molar-refractivity contribution is 5.86. The van der Waals surface area contributed by atoms with Crippen LogP contribution in [0.5, 0.6) is 0 Å². The van der Waals surface area contributed by atoms with Crippen LogP contribution in [0.2, 0.25) is 0 Å². The number of amides is 2. The van der Waals surface area contributed by atoms with Gasteiger partial charge in [0.05, 0.1) is 12.7 Å². The molecule has 25 heavy (non-hydrogen) atoms. The number of rotatable bonds is 4. The first kappa shape index (κ1) is 19.2. The largest absolute Gasteiger partial charge is 0.444 e. The van der Waals surface area contributed by atoms with E-state index in [1.165, 1.54) is 0 Å². The highest BCUT2D eigenvalue weighted by Gasteiger charge is 2.30. The zero-order valence-electron chi connectivity index (χ0n) is 15.5. The van der Waals surface area contributed by atoms with Crippen LogP contribution in [0.25, 0.3) is 0 Å². The molecule has 1 aromatic carbocycles. The third-order valence-corrected chi connectivity index (χ3v) is 3.82. The van der Waals surface area contributed by atoms with Gasteiger partial charge in [-0.05, 0) is 33.3 Å². The van der Waals surface area contributed by atoms with Gasteiger partial charge in [0.15, 0.2) is 0 Å². The molecule has 6 nitrogen and oxygen atoms in total. The Bertz CT molecular complexity index is 583. The van der Waals surface area contributed by atoms with E-state index in [1.54, 1.807) is 25.7 Å². The molecule has 138 valence electrons. The molecule has 0 spiro atoms. The number of carbonyl (C=O) groups is 2. The standard InChI is InChI=1S/C19H28N2O4/c1-14-13-21(10-11-24-14)17(22)16(12-15-8-6-5-7-9-15)20-18(23)25-19(2,3)4/h5-9,14,16H,10-13H2,1-4H3,(H,20,23). The fourth-order valence-corrected chi connectivity index (χ4v) is 2.74. The smallest absolute Gasteiger partial charge is 0.408 e. The zero-order valence-corrected chi connectivity index (χ0v) is 15.5. The first-order chi connectivity index (χ1) is 11.7. The quantitative estimate of drug-likeness (QED) is 0.907. The van der Waals surface area contributed by atoms with Gasteiger partial charge in [-0.3, -0.25) is 4.79 Å². The molecule has 0 radical (unpaired) electrons. The number of hydrogen-bond acceptors (Lipinski definition) is 4. The summed E-state index contributed by atoms with van der Waals surface area (Å²) in [6, 6.07) is 8.98. The lowest BCUT2D eigenvalue weighted by Gasteiger charge is -2.34. The van der Waals surface area contributed by atoms with Crippen LogP contribution in [0, 0.1) is 0 Å². The Labute approximate surface area is 149 Å². The maximum atomic E-state index is 12.9. The summed E-state index contributed by atoms with van der Waals surface area (Å²) in [6.07, 6.45) is -0.162. The van der Waals surface area contributed by atoms with Gasteiger partial charge in [-0.25, -0.2) is 4.79 Å². The lowest BCUT2D eigenvalue weighted by molar-refractivity contribution is -0.140. The molecule has 2 rings (SSSR count). The van der Waals surface area contributed by atoms with E-state index in [0.717, 1.165) is 5.56 Å². The first-order valence-electron chi connectivity index (χ1n) is 8.68. The normalized spacial score (nSPS) is 19.2. The van der Waals surface area contributed by atoms with Crippen LogP contribution in [-0.2, 0) is 20.7 Å². The monoisotopic (exact) mass is 348 g/mol. The highest BCUT2D eigenvalue weighted by atomic mass is 16.6. The van der Waals surface area contributed by atoms with Crippen LogP contribution in [0.4, 0.5) is 4.79 Å². The Balaban J connectivity index is 2.10. The van der Waals surface area contributed by atoms with Gasteiger partial charge in [0.2, 0.25) is 5.91 Å². The van der Waals surface area contributed by atoms with E-state index >= 15 is 0 Å². The molecule has 2 atom stereocenters. The molecule has 1 aliphatic rings. The second kappa shape index (κ2) is 8.34. The van der Waals surface area contributed by atoms with Crippen LogP contribution >= 0.6 is 0 Å². The minimum atomic E-state index is -0.664. The molecule has 1 aromatic rings. The molecular weight excluding hydrogens is 320 g/mol. The maximum absolute atomic E-state index is 12.9.